The first-order valence-corrected chi connectivity index (χ1v) is 25.1. The Morgan fingerprint density at radius 2 is 0.947 bits per heavy atom. The number of hydrogen-bond donors (Lipinski definition) is 1. The van der Waals surface area contributed by atoms with E-state index in [0.29, 0.717) is 23.9 Å². The summed E-state index contributed by atoms with van der Waals surface area (Å²) in [5.41, 5.74) is 0. The van der Waals surface area contributed by atoms with E-state index in [1.165, 1.54) is 135 Å². The van der Waals surface area contributed by atoms with E-state index < -0.39 is 26.5 Å². The number of carbonyl (C=O) groups is 2. The minimum atomic E-state index is -4.37. The Balaban J connectivity index is 4.29. The number of likely N-dealkylation sites (N-methyl/N-ethyl adjacent to an activating group) is 1. The van der Waals surface area contributed by atoms with Crippen LogP contribution in [0.5, 0.6) is 0 Å². The van der Waals surface area contributed by atoms with Crippen molar-refractivity contribution in [3.05, 3.63) is 24.3 Å². The Morgan fingerprint density at radius 3 is 1.42 bits per heavy atom. The highest BCUT2D eigenvalue weighted by Gasteiger charge is 2.27. The van der Waals surface area contributed by atoms with Gasteiger partial charge in [-0.3, -0.25) is 18.6 Å². The van der Waals surface area contributed by atoms with Gasteiger partial charge in [0.1, 0.15) is 19.8 Å². The molecule has 0 rings (SSSR count). The van der Waals surface area contributed by atoms with Crippen LogP contribution in [-0.2, 0) is 32.7 Å². The lowest BCUT2D eigenvalue weighted by atomic mass is 10.0. The minimum Gasteiger partial charge on any atom is -0.462 e. The highest BCUT2D eigenvalue weighted by Crippen LogP contribution is 2.43. The molecule has 0 saturated carbocycles. The first-order chi connectivity index (χ1) is 27.5. The van der Waals surface area contributed by atoms with E-state index in [-0.39, 0.29) is 25.6 Å². The van der Waals surface area contributed by atoms with Crippen LogP contribution in [0.3, 0.4) is 0 Å². The van der Waals surface area contributed by atoms with Crippen LogP contribution in [0.25, 0.3) is 0 Å². The van der Waals surface area contributed by atoms with Crippen molar-refractivity contribution < 1.29 is 42.1 Å². The maximum absolute atomic E-state index is 12.7. The van der Waals surface area contributed by atoms with Gasteiger partial charge < -0.3 is 18.9 Å². The number of ether oxygens (including phenoxy) is 2. The van der Waals surface area contributed by atoms with Crippen LogP contribution >= 0.6 is 7.82 Å². The summed E-state index contributed by atoms with van der Waals surface area (Å²) in [4.78, 5) is 35.4. The van der Waals surface area contributed by atoms with Crippen molar-refractivity contribution in [3.63, 3.8) is 0 Å². The normalized spacial score (nSPS) is 13.7. The third-order valence-corrected chi connectivity index (χ3v) is 11.2. The van der Waals surface area contributed by atoms with E-state index in [4.69, 9.17) is 18.5 Å². The molecule has 2 atom stereocenters. The predicted molar refractivity (Wildman–Crippen MR) is 238 cm³/mol. The topological polar surface area (TPSA) is 108 Å². The second-order valence-corrected chi connectivity index (χ2v) is 18.6. The quantitative estimate of drug-likeness (QED) is 0.0213. The van der Waals surface area contributed by atoms with E-state index in [1.54, 1.807) is 0 Å². The van der Waals surface area contributed by atoms with Gasteiger partial charge in [0.25, 0.3) is 0 Å². The minimum absolute atomic E-state index is 0.0328. The summed E-state index contributed by atoms with van der Waals surface area (Å²) in [6, 6.07) is 0. The molecule has 0 aromatic heterocycles. The zero-order chi connectivity index (χ0) is 42.1. The van der Waals surface area contributed by atoms with Gasteiger partial charge in [-0.2, -0.15) is 0 Å². The van der Waals surface area contributed by atoms with Crippen molar-refractivity contribution in [3.8, 4) is 0 Å². The van der Waals surface area contributed by atoms with Crippen LogP contribution in [0.15, 0.2) is 24.3 Å². The Kier molecular flexibility index (Phi) is 38.9. The number of esters is 2. The molecule has 0 aromatic rings. The maximum atomic E-state index is 12.7. The number of nitrogens with zero attached hydrogens (tertiary/aromatic N) is 1. The van der Waals surface area contributed by atoms with Crippen LogP contribution in [0, 0.1) is 0 Å². The largest absolute Gasteiger partial charge is 0.472 e. The highest BCUT2D eigenvalue weighted by molar-refractivity contribution is 7.47. The van der Waals surface area contributed by atoms with Gasteiger partial charge in [-0.25, -0.2) is 4.57 Å². The number of carbonyl (C=O) groups excluding carboxylic acids is 2. The summed E-state index contributed by atoms with van der Waals surface area (Å²) < 4.78 is 34.4. The fraction of sp³-hybridized carbons (Fsp3) is 0.872. The molecule has 1 unspecified atom stereocenters. The van der Waals surface area contributed by atoms with E-state index >= 15 is 0 Å². The molecular formula is C47H91NO8P+. The third kappa shape index (κ3) is 43.9. The summed E-state index contributed by atoms with van der Waals surface area (Å²) >= 11 is 0. The summed E-state index contributed by atoms with van der Waals surface area (Å²) in [5.74, 6) is -0.794. The van der Waals surface area contributed by atoms with Crippen molar-refractivity contribution in [2.45, 2.75) is 219 Å². The lowest BCUT2D eigenvalue weighted by Crippen LogP contribution is -2.37. The summed E-state index contributed by atoms with van der Waals surface area (Å²) in [6.07, 6.45) is 43.6. The van der Waals surface area contributed by atoms with E-state index in [0.717, 1.165) is 44.9 Å². The number of phosphoric ester groups is 1. The summed E-state index contributed by atoms with van der Waals surface area (Å²) in [5, 5.41) is 0. The molecule has 0 fully saturated rings. The van der Waals surface area contributed by atoms with Gasteiger partial charge in [0.2, 0.25) is 0 Å². The van der Waals surface area contributed by atoms with Crippen LogP contribution in [-0.4, -0.2) is 74.9 Å². The first-order valence-electron chi connectivity index (χ1n) is 23.6. The van der Waals surface area contributed by atoms with E-state index in [2.05, 4.69) is 38.2 Å². The lowest BCUT2D eigenvalue weighted by molar-refractivity contribution is -0.870. The van der Waals surface area contributed by atoms with E-state index in [1.807, 2.05) is 21.1 Å². The fourth-order valence-corrected chi connectivity index (χ4v) is 7.26. The molecule has 9 nitrogen and oxygen atoms in total. The number of hydrogen-bond acceptors (Lipinski definition) is 7. The summed E-state index contributed by atoms with van der Waals surface area (Å²) in [7, 11) is 1.48. The number of rotatable bonds is 43. The average Bonchev–Trinajstić information content (AvgIpc) is 3.16. The molecule has 0 bridgehead atoms. The van der Waals surface area contributed by atoms with Gasteiger partial charge >= 0.3 is 19.8 Å². The van der Waals surface area contributed by atoms with Crippen molar-refractivity contribution in [1.29, 1.82) is 0 Å². The number of phosphoric acid groups is 1. The van der Waals surface area contributed by atoms with Gasteiger partial charge in [-0.15, -0.1) is 0 Å². The highest BCUT2D eigenvalue weighted by atomic mass is 31.2. The van der Waals surface area contributed by atoms with Gasteiger partial charge in [0.05, 0.1) is 27.7 Å². The van der Waals surface area contributed by atoms with Crippen LogP contribution in [0.1, 0.15) is 213 Å². The molecule has 0 aliphatic rings. The molecule has 0 spiro atoms. The standard InChI is InChI=1S/C47H90NO8P/c1-6-8-10-12-14-16-18-20-22-23-24-25-26-28-30-32-34-36-38-40-47(50)56-45(44-55-57(51,52)54-42-41-48(3,4)5)43-53-46(49)39-37-35-33-31-29-27-21-19-17-15-13-11-9-7-2/h14,16,20,22,45H,6-13,15,17-19,21,23-44H2,1-5H3/p+1/b16-14+,22-20+/t45-/m1/s1. The number of quaternary nitrogens is 1. The van der Waals surface area contributed by atoms with Gasteiger partial charge in [0.15, 0.2) is 6.10 Å². The monoisotopic (exact) mass is 829 g/mol. The van der Waals surface area contributed by atoms with Gasteiger partial charge in [0, 0.05) is 12.8 Å². The molecule has 1 N–H and O–H groups in total. The molecular weight excluding hydrogens is 737 g/mol. The molecule has 0 amide bonds. The molecule has 0 aromatic carbocycles. The van der Waals surface area contributed by atoms with Gasteiger partial charge in [-0.1, -0.05) is 179 Å². The van der Waals surface area contributed by atoms with Crippen molar-refractivity contribution in [2.24, 2.45) is 0 Å². The average molecular weight is 829 g/mol. The zero-order valence-corrected chi connectivity index (χ0v) is 38.7. The number of allylic oxidation sites excluding steroid dienone is 4. The van der Waals surface area contributed by atoms with Crippen LogP contribution in [0.4, 0.5) is 0 Å². The molecule has 336 valence electrons. The van der Waals surface area contributed by atoms with Gasteiger partial charge in [-0.05, 0) is 44.9 Å². The van der Waals surface area contributed by atoms with Crippen LogP contribution < -0.4 is 0 Å². The molecule has 0 saturated heterocycles. The Labute approximate surface area is 351 Å². The SMILES string of the molecule is CCCCC/C=C/C/C=C/CCCCCCCCCCCC(=O)O[C@H](COC(=O)CCCCCCCCCCCCCCCC)COP(=O)(O)OCC[N+](C)(C)C. The number of unbranched alkanes of at least 4 members (excludes halogenated alkanes) is 25. The molecule has 10 heteroatoms. The zero-order valence-electron chi connectivity index (χ0n) is 37.8. The lowest BCUT2D eigenvalue weighted by Gasteiger charge is -2.24. The maximum Gasteiger partial charge on any atom is 0.472 e. The predicted octanol–water partition coefficient (Wildman–Crippen LogP) is 13.5. The Bertz CT molecular complexity index is 1030. The molecule has 0 heterocycles. The Morgan fingerprint density at radius 1 is 0.544 bits per heavy atom. The molecule has 0 radical (unpaired) electrons. The second kappa shape index (κ2) is 39.9. The second-order valence-electron chi connectivity index (χ2n) is 17.1. The van der Waals surface area contributed by atoms with Crippen LogP contribution in [0.2, 0.25) is 0 Å². The van der Waals surface area contributed by atoms with Crippen molar-refractivity contribution in [2.75, 3.05) is 47.5 Å². The summed E-state index contributed by atoms with van der Waals surface area (Å²) in [6.45, 7) is 4.42. The molecule has 0 aliphatic carbocycles. The molecule has 57 heavy (non-hydrogen) atoms. The Hall–Kier alpha value is -1.51. The van der Waals surface area contributed by atoms with Crippen molar-refractivity contribution in [1.82, 2.24) is 0 Å². The smallest absolute Gasteiger partial charge is 0.462 e. The third-order valence-electron chi connectivity index (χ3n) is 10.2. The first kappa shape index (κ1) is 55.5. The fourth-order valence-electron chi connectivity index (χ4n) is 6.52. The molecule has 0 aliphatic heterocycles. The van der Waals surface area contributed by atoms with E-state index in [9.17, 15) is 19.0 Å². The van der Waals surface area contributed by atoms with Crippen molar-refractivity contribution >= 4 is 19.8 Å².